The van der Waals surface area contributed by atoms with Gasteiger partial charge in [0.05, 0.1) is 5.41 Å². The van der Waals surface area contributed by atoms with E-state index in [9.17, 15) is 9.59 Å². The van der Waals surface area contributed by atoms with Crippen LogP contribution in [0.2, 0.25) is 0 Å². The Labute approximate surface area is 144 Å². The molecule has 1 saturated heterocycles. The molecule has 1 aromatic carbocycles. The van der Waals surface area contributed by atoms with Crippen molar-refractivity contribution in [2.75, 3.05) is 19.6 Å². The first kappa shape index (κ1) is 18.5. The lowest BCUT2D eigenvalue weighted by Crippen LogP contribution is -2.52. The van der Waals surface area contributed by atoms with Gasteiger partial charge in [-0.1, -0.05) is 32.0 Å². The summed E-state index contributed by atoms with van der Waals surface area (Å²) in [6.07, 6.45) is 3.11. The van der Waals surface area contributed by atoms with Crippen LogP contribution < -0.4 is 11.1 Å². The molecule has 1 aliphatic heterocycles. The van der Waals surface area contributed by atoms with Crippen LogP contribution >= 0.6 is 0 Å². The van der Waals surface area contributed by atoms with Gasteiger partial charge in [-0.3, -0.25) is 9.59 Å². The van der Waals surface area contributed by atoms with Gasteiger partial charge in [0.25, 0.3) is 5.91 Å². The van der Waals surface area contributed by atoms with Crippen molar-refractivity contribution in [2.24, 2.45) is 11.1 Å². The Balaban J connectivity index is 1.89. The summed E-state index contributed by atoms with van der Waals surface area (Å²) in [6, 6.07) is 9.36. The van der Waals surface area contributed by atoms with Crippen molar-refractivity contribution in [1.29, 1.82) is 0 Å². The standard InChI is InChI=1S/C19H29N3O2/c1-3-19(4-2,14-20)18(24)22-12-10-16(11-13-22)21-17(23)15-8-6-5-7-9-15/h5-9,16H,3-4,10-14,20H2,1-2H3,(H,21,23). The van der Waals surface area contributed by atoms with Gasteiger partial charge in [0.15, 0.2) is 0 Å². The lowest BCUT2D eigenvalue weighted by molar-refractivity contribution is -0.143. The molecule has 0 spiro atoms. The van der Waals surface area contributed by atoms with Gasteiger partial charge in [-0.15, -0.1) is 0 Å². The van der Waals surface area contributed by atoms with Gasteiger partial charge in [0, 0.05) is 31.2 Å². The monoisotopic (exact) mass is 331 g/mol. The zero-order valence-electron chi connectivity index (χ0n) is 14.8. The Kier molecular flexibility index (Phi) is 6.37. The molecule has 0 saturated carbocycles. The Morgan fingerprint density at radius 3 is 2.25 bits per heavy atom. The van der Waals surface area contributed by atoms with Crippen LogP contribution in [0.25, 0.3) is 0 Å². The molecule has 0 atom stereocenters. The fraction of sp³-hybridized carbons (Fsp3) is 0.579. The third-order valence-corrected chi connectivity index (χ3v) is 5.35. The highest BCUT2D eigenvalue weighted by Crippen LogP contribution is 2.29. The molecule has 3 N–H and O–H groups in total. The lowest BCUT2D eigenvalue weighted by Gasteiger charge is -2.39. The molecule has 5 heteroatoms. The van der Waals surface area contributed by atoms with Crippen molar-refractivity contribution in [2.45, 2.75) is 45.6 Å². The smallest absolute Gasteiger partial charge is 0.251 e. The molecule has 0 radical (unpaired) electrons. The van der Waals surface area contributed by atoms with E-state index in [0.717, 1.165) is 25.7 Å². The highest BCUT2D eigenvalue weighted by Gasteiger charge is 2.38. The maximum Gasteiger partial charge on any atom is 0.251 e. The normalized spacial score (nSPS) is 16.0. The molecule has 0 unspecified atom stereocenters. The minimum atomic E-state index is -0.430. The fourth-order valence-electron chi connectivity index (χ4n) is 3.35. The molecule has 24 heavy (non-hydrogen) atoms. The molecular weight excluding hydrogens is 302 g/mol. The Hall–Kier alpha value is -1.88. The van der Waals surface area contributed by atoms with Crippen molar-refractivity contribution < 1.29 is 9.59 Å². The van der Waals surface area contributed by atoms with Crippen molar-refractivity contribution in [3.8, 4) is 0 Å². The van der Waals surface area contributed by atoms with E-state index in [0.29, 0.717) is 25.2 Å². The second kappa shape index (κ2) is 8.29. The molecule has 0 bridgehead atoms. The number of carbonyl (C=O) groups excluding carboxylic acids is 2. The molecule has 2 amide bonds. The SMILES string of the molecule is CCC(CC)(CN)C(=O)N1CCC(NC(=O)c2ccccc2)CC1. The zero-order valence-corrected chi connectivity index (χ0v) is 14.8. The van der Waals surface area contributed by atoms with Crippen molar-refractivity contribution in [3.63, 3.8) is 0 Å². The summed E-state index contributed by atoms with van der Waals surface area (Å²) in [5.74, 6) is 0.127. The summed E-state index contributed by atoms with van der Waals surface area (Å²) in [6.45, 7) is 5.81. The van der Waals surface area contributed by atoms with E-state index in [-0.39, 0.29) is 17.9 Å². The Morgan fingerprint density at radius 1 is 1.17 bits per heavy atom. The Morgan fingerprint density at radius 2 is 1.75 bits per heavy atom. The molecule has 1 aliphatic rings. The van der Waals surface area contributed by atoms with Gasteiger partial charge in [-0.25, -0.2) is 0 Å². The number of amides is 2. The highest BCUT2D eigenvalue weighted by atomic mass is 16.2. The van der Waals surface area contributed by atoms with E-state index in [4.69, 9.17) is 5.73 Å². The minimum Gasteiger partial charge on any atom is -0.349 e. The molecule has 0 aliphatic carbocycles. The number of carbonyl (C=O) groups is 2. The molecular formula is C19H29N3O2. The third kappa shape index (κ3) is 3.96. The number of hydrogen-bond donors (Lipinski definition) is 2. The highest BCUT2D eigenvalue weighted by molar-refractivity contribution is 5.94. The molecule has 0 aromatic heterocycles. The number of piperidine rings is 1. The Bertz CT molecular complexity index is 539. The largest absolute Gasteiger partial charge is 0.349 e. The van der Waals surface area contributed by atoms with Crippen LogP contribution in [0.1, 0.15) is 49.9 Å². The van der Waals surface area contributed by atoms with Crippen LogP contribution in [-0.2, 0) is 4.79 Å². The molecule has 132 valence electrons. The van der Waals surface area contributed by atoms with Gasteiger partial charge in [0.2, 0.25) is 5.91 Å². The molecule has 1 fully saturated rings. The maximum atomic E-state index is 12.8. The predicted molar refractivity (Wildman–Crippen MR) is 95.6 cm³/mol. The number of nitrogens with one attached hydrogen (secondary N) is 1. The number of benzene rings is 1. The first-order valence-electron chi connectivity index (χ1n) is 8.91. The van der Waals surface area contributed by atoms with Crippen molar-refractivity contribution in [3.05, 3.63) is 35.9 Å². The molecule has 1 aromatic rings. The molecule has 2 rings (SSSR count). The minimum absolute atomic E-state index is 0.0428. The van der Waals surface area contributed by atoms with E-state index in [1.807, 2.05) is 49.1 Å². The number of hydrogen-bond acceptors (Lipinski definition) is 3. The summed E-state index contributed by atoms with van der Waals surface area (Å²) >= 11 is 0. The number of likely N-dealkylation sites (tertiary alicyclic amines) is 1. The summed E-state index contributed by atoms with van der Waals surface area (Å²) in [5.41, 5.74) is 6.14. The number of nitrogens with two attached hydrogens (primary N) is 1. The van der Waals surface area contributed by atoms with Gasteiger partial charge >= 0.3 is 0 Å². The summed E-state index contributed by atoms with van der Waals surface area (Å²) < 4.78 is 0. The van der Waals surface area contributed by atoms with Gasteiger partial charge in [-0.2, -0.15) is 0 Å². The predicted octanol–water partition coefficient (Wildman–Crippen LogP) is 2.17. The average molecular weight is 331 g/mol. The number of rotatable bonds is 6. The second-order valence-electron chi connectivity index (χ2n) is 6.60. The van der Waals surface area contributed by atoms with E-state index in [1.165, 1.54) is 0 Å². The van der Waals surface area contributed by atoms with Crippen LogP contribution in [0.15, 0.2) is 30.3 Å². The van der Waals surface area contributed by atoms with Gasteiger partial charge < -0.3 is 16.0 Å². The summed E-state index contributed by atoms with van der Waals surface area (Å²) in [7, 11) is 0. The van der Waals surface area contributed by atoms with Crippen molar-refractivity contribution >= 4 is 11.8 Å². The topological polar surface area (TPSA) is 75.4 Å². The third-order valence-electron chi connectivity index (χ3n) is 5.35. The van der Waals surface area contributed by atoms with Crippen LogP contribution in [-0.4, -0.2) is 42.4 Å². The lowest BCUT2D eigenvalue weighted by atomic mass is 9.80. The second-order valence-corrected chi connectivity index (χ2v) is 6.60. The zero-order chi connectivity index (χ0) is 17.6. The quantitative estimate of drug-likeness (QED) is 0.839. The van der Waals surface area contributed by atoms with E-state index in [1.54, 1.807) is 0 Å². The van der Waals surface area contributed by atoms with Crippen LogP contribution in [0.3, 0.4) is 0 Å². The van der Waals surface area contributed by atoms with Gasteiger partial charge in [-0.05, 0) is 37.8 Å². The van der Waals surface area contributed by atoms with Crippen LogP contribution in [0.4, 0.5) is 0 Å². The first-order chi connectivity index (χ1) is 11.6. The van der Waals surface area contributed by atoms with E-state index < -0.39 is 5.41 Å². The summed E-state index contributed by atoms with van der Waals surface area (Å²) in [4.78, 5) is 27.0. The van der Waals surface area contributed by atoms with Crippen LogP contribution in [0, 0.1) is 5.41 Å². The van der Waals surface area contributed by atoms with Crippen LogP contribution in [0.5, 0.6) is 0 Å². The fourth-order valence-corrected chi connectivity index (χ4v) is 3.35. The number of nitrogens with zero attached hydrogens (tertiary/aromatic N) is 1. The van der Waals surface area contributed by atoms with E-state index in [2.05, 4.69) is 5.32 Å². The van der Waals surface area contributed by atoms with Gasteiger partial charge in [0.1, 0.15) is 0 Å². The molecule has 1 heterocycles. The average Bonchev–Trinajstić information content (AvgIpc) is 2.65. The maximum absolute atomic E-state index is 12.8. The van der Waals surface area contributed by atoms with Crippen molar-refractivity contribution in [1.82, 2.24) is 10.2 Å². The summed E-state index contributed by atoms with van der Waals surface area (Å²) in [5, 5.41) is 3.07. The van der Waals surface area contributed by atoms with E-state index >= 15 is 0 Å². The molecule has 5 nitrogen and oxygen atoms in total. The first-order valence-corrected chi connectivity index (χ1v) is 8.91.